The third-order valence-electron chi connectivity index (χ3n) is 6.69. The average Bonchev–Trinajstić information content (AvgIpc) is 3.28. The van der Waals surface area contributed by atoms with E-state index < -0.39 is 0 Å². The summed E-state index contributed by atoms with van der Waals surface area (Å²) in [5.41, 5.74) is 5.18. The fourth-order valence-corrected chi connectivity index (χ4v) is 4.96. The zero-order valence-electron chi connectivity index (χ0n) is 23.2. The van der Waals surface area contributed by atoms with Crippen LogP contribution in [-0.2, 0) is 13.0 Å². The predicted molar refractivity (Wildman–Crippen MR) is 159 cm³/mol. The van der Waals surface area contributed by atoms with Gasteiger partial charge in [0.05, 0.1) is 41.2 Å². The molecule has 9 heteroatoms. The summed E-state index contributed by atoms with van der Waals surface area (Å²) in [5.74, 6) is 3.27. The molecule has 1 aromatic heterocycles. The van der Waals surface area contributed by atoms with E-state index in [9.17, 15) is 0 Å². The van der Waals surface area contributed by atoms with Gasteiger partial charge in [-0.05, 0) is 79.2 Å². The first-order valence-electron chi connectivity index (χ1n) is 12.5. The van der Waals surface area contributed by atoms with Crippen LogP contribution in [0.1, 0.15) is 16.8 Å². The lowest BCUT2D eigenvalue weighted by atomic mass is 10.1. The topological polar surface area (TPSA) is 77.2 Å². The van der Waals surface area contributed by atoms with Crippen LogP contribution in [0.5, 0.6) is 28.7 Å². The summed E-state index contributed by atoms with van der Waals surface area (Å²) >= 11 is 5.94. The van der Waals surface area contributed by atoms with Crippen molar-refractivity contribution >= 4 is 33.9 Å². The number of nitrogens with one attached hydrogen (secondary N) is 2. The van der Waals surface area contributed by atoms with Gasteiger partial charge < -0.3 is 38.9 Å². The fourth-order valence-electron chi connectivity index (χ4n) is 4.70. The predicted octanol–water partition coefficient (Wildman–Crippen LogP) is 5.96. The second-order valence-electron chi connectivity index (χ2n) is 8.98. The van der Waals surface area contributed by atoms with Crippen LogP contribution in [0.4, 0.5) is 5.69 Å². The Morgan fingerprint density at radius 1 is 0.846 bits per heavy atom. The minimum atomic E-state index is 0.516. The first kappa shape index (κ1) is 27.9. The maximum absolute atomic E-state index is 5.94. The molecule has 0 bridgehead atoms. The Hall–Kier alpha value is -4.11. The van der Waals surface area contributed by atoms with Gasteiger partial charge in [-0.2, -0.15) is 0 Å². The SMILES string of the molecule is COc1ccc2[nH]c(C)c(CCN(Cc3cc(OC)c(OC)c(OC)c3)C(=S)Nc3ccccc3OC)c2c1. The van der Waals surface area contributed by atoms with Crippen LogP contribution in [-0.4, -0.2) is 57.1 Å². The number of hydrogen-bond acceptors (Lipinski definition) is 6. The largest absolute Gasteiger partial charge is 0.497 e. The number of benzene rings is 3. The molecule has 2 N–H and O–H groups in total. The van der Waals surface area contributed by atoms with Crippen molar-refractivity contribution < 1.29 is 23.7 Å². The molecule has 39 heavy (non-hydrogen) atoms. The molecule has 8 nitrogen and oxygen atoms in total. The van der Waals surface area contributed by atoms with E-state index in [0.29, 0.717) is 41.2 Å². The van der Waals surface area contributed by atoms with Gasteiger partial charge in [0.2, 0.25) is 5.75 Å². The van der Waals surface area contributed by atoms with E-state index in [1.54, 1.807) is 35.5 Å². The average molecular weight is 550 g/mol. The summed E-state index contributed by atoms with van der Waals surface area (Å²) in [5, 5.41) is 5.09. The molecule has 0 unspecified atom stereocenters. The summed E-state index contributed by atoms with van der Waals surface area (Å²) in [6.07, 6.45) is 0.761. The van der Waals surface area contributed by atoms with E-state index >= 15 is 0 Å². The molecule has 3 aromatic carbocycles. The first-order valence-corrected chi connectivity index (χ1v) is 13.0. The second-order valence-corrected chi connectivity index (χ2v) is 9.36. The number of aromatic nitrogens is 1. The minimum absolute atomic E-state index is 0.516. The molecular formula is C30H35N3O5S. The molecule has 1 heterocycles. The summed E-state index contributed by atoms with van der Waals surface area (Å²) in [4.78, 5) is 5.62. The maximum atomic E-state index is 5.94. The molecule has 4 rings (SSSR count). The van der Waals surface area contributed by atoms with E-state index in [2.05, 4.69) is 28.2 Å². The maximum Gasteiger partial charge on any atom is 0.203 e. The highest BCUT2D eigenvalue weighted by Gasteiger charge is 2.19. The fraction of sp³-hybridized carbons (Fsp3) is 0.300. The summed E-state index contributed by atoms with van der Waals surface area (Å²) in [6.45, 7) is 3.27. The van der Waals surface area contributed by atoms with E-state index in [-0.39, 0.29) is 0 Å². The molecule has 4 aromatic rings. The van der Waals surface area contributed by atoms with Crippen LogP contribution in [0.15, 0.2) is 54.6 Å². The molecule has 0 saturated carbocycles. The number of thiocarbonyl (C=S) groups is 1. The molecule has 0 aliphatic carbocycles. The van der Waals surface area contributed by atoms with Gasteiger partial charge >= 0.3 is 0 Å². The monoisotopic (exact) mass is 549 g/mol. The molecule has 0 aliphatic rings. The van der Waals surface area contributed by atoms with Crippen molar-refractivity contribution in [1.29, 1.82) is 0 Å². The number of fused-ring (bicyclic) bond motifs is 1. The number of H-pyrrole nitrogens is 1. The van der Waals surface area contributed by atoms with Gasteiger partial charge in [-0.25, -0.2) is 0 Å². The Bertz CT molecular complexity index is 1430. The summed E-state index contributed by atoms with van der Waals surface area (Å²) in [6, 6.07) is 17.7. The number of aromatic amines is 1. The van der Waals surface area contributed by atoms with E-state index in [1.165, 1.54) is 5.56 Å². The smallest absolute Gasteiger partial charge is 0.203 e. The van der Waals surface area contributed by atoms with Gasteiger partial charge in [0.1, 0.15) is 11.5 Å². The van der Waals surface area contributed by atoms with Gasteiger partial charge in [0.15, 0.2) is 16.6 Å². The lowest BCUT2D eigenvalue weighted by Crippen LogP contribution is -2.36. The highest BCUT2D eigenvalue weighted by atomic mass is 32.1. The number of aryl methyl sites for hydroxylation is 1. The van der Waals surface area contributed by atoms with Crippen LogP contribution in [0.25, 0.3) is 10.9 Å². The standard InChI is InChI=1S/C30H35N3O5S/c1-19-22(23-17-21(34-2)11-12-24(23)31-19)13-14-33(30(39)32-25-9-7-8-10-26(25)35-3)18-20-15-27(36-4)29(38-6)28(16-20)37-5/h7-12,15-17,31H,13-14,18H2,1-6H3,(H,32,39). The van der Waals surface area contributed by atoms with E-state index in [1.807, 2.05) is 48.5 Å². The summed E-state index contributed by atoms with van der Waals surface area (Å²) < 4.78 is 27.7. The zero-order valence-corrected chi connectivity index (χ0v) is 24.0. The normalized spacial score (nSPS) is 10.7. The van der Waals surface area contributed by atoms with Crippen molar-refractivity contribution in [2.45, 2.75) is 19.9 Å². The number of rotatable bonds is 11. The minimum Gasteiger partial charge on any atom is -0.497 e. The van der Waals surface area contributed by atoms with Crippen molar-refractivity contribution in [3.63, 3.8) is 0 Å². The molecule has 206 valence electrons. The van der Waals surface area contributed by atoms with Gasteiger partial charge in [0, 0.05) is 29.7 Å². The molecule has 0 radical (unpaired) electrons. The molecular weight excluding hydrogens is 514 g/mol. The number of methoxy groups -OCH3 is 5. The van der Waals surface area contributed by atoms with Crippen molar-refractivity contribution in [1.82, 2.24) is 9.88 Å². The van der Waals surface area contributed by atoms with Crippen molar-refractivity contribution in [2.24, 2.45) is 0 Å². The zero-order chi connectivity index (χ0) is 27.9. The lowest BCUT2D eigenvalue weighted by molar-refractivity contribution is 0.322. The Morgan fingerprint density at radius 3 is 2.18 bits per heavy atom. The van der Waals surface area contributed by atoms with Crippen LogP contribution < -0.4 is 29.0 Å². The molecule has 0 atom stereocenters. The van der Waals surface area contributed by atoms with Gasteiger partial charge in [-0.1, -0.05) is 12.1 Å². The van der Waals surface area contributed by atoms with Crippen molar-refractivity contribution in [2.75, 3.05) is 47.4 Å². The summed E-state index contributed by atoms with van der Waals surface area (Å²) in [7, 11) is 8.14. The number of ether oxygens (including phenoxy) is 5. The number of nitrogens with zero attached hydrogens (tertiary/aromatic N) is 1. The number of anilines is 1. The quantitative estimate of drug-likeness (QED) is 0.222. The third kappa shape index (κ3) is 6.15. The molecule has 0 aliphatic heterocycles. The molecule has 0 fully saturated rings. The van der Waals surface area contributed by atoms with E-state index in [4.69, 9.17) is 35.9 Å². The highest BCUT2D eigenvalue weighted by Crippen LogP contribution is 2.38. The van der Waals surface area contributed by atoms with Crippen molar-refractivity contribution in [3.8, 4) is 28.7 Å². The highest BCUT2D eigenvalue weighted by molar-refractivity contribution is 7.80. The lowest BCUT2D eigenvalue weighted by Gasteiger charge is -2.27. The Morgan fingerprint density at radius 2 is 1.54 bits per heavy atom. The second kappa shape index (κ2) is 12.6. The Kier molecular flexibility index (Phi) is 9.03. The molecule has 0 spiro atoms. The third-order valence-corrected chi connectivity index (χ3v) is 7.05. The Labute approximate surface area is 234 Å². The Balaban J connectivity index is 1.67. The van der Waals surface area contributed by atoms with Gasteiger partial charge in [0.25, 0.3) is 0 Å². The number of para-hydroxylation sites is 2. The first-order chi connectivity index (χ1) is 18.9. The molecule has 0 amide bonds. The van der Waals surface area contributed by atoms with Gasteiger partial charge in [-0.3, -0.25) is 0 Å². The molecule has 0 saturated heterocycles. The van der Waals surface area contributed by atoms with Gasteiger partial charge in [-0.15, -0.1) is 0 Å². The number of hydrogen-bond donors (Lipinski definition) is 2. The van der Waals surface area contributed by atoms with Crippen LogP contribution >= 0.6 is 12.2 Å². The van der Waals surface area contributed by atoms with E-state index in [0.717, 1.165) is 40.0 Å². The van der Waals surface area contributed by atoms with Crippen LogP contribution in [0, 0.1) is 6.92 Å². The van der Waals surface area contributed by atoms with Crippen LogP contribution in [0.3, 0.4) is 0 Å². The van der Waals surface area contributed by atoms with Crippen molar-refractivity contribution in [3.05, 3.63) is 71.4 Å². The van der Waals surface area contributed by atoms with Crippen LogP contribution in [0.2, 0.25) is 0 Å².